The molecule has 18 heavy (non-hydrogen) atoms. The highest BCUT2D eigenvalue weighted by Crippen LogP contribution is 2.20. The Morgan fingerprint density at radius 2 is 2.22 bits per heavy atom. The van der Waals surface area contributed by atoms with Crippen LogP contribution in [0, 0.1) is 0 Å². The van der Waals surface area contributed by atoms with Crippen molar-refractivity contribution in [2.75, 3.05) is 6.54 Å². The summed E-state index contributed by atoms with van der Waals surface area (Å²) in [6.07, 6.45) is 3.76. The molecule has 0 unspecified atom stereocenters. The first-order valence-corrected chi connectivity index (χ1v) is 6.39. The first-order valence-electron chi connectivity index (χ1n) is 6.39. The lowest BCUT2D eigenvalue weighted by Crippen LogP contribution is -2.26. The van der Waals surface area contributed by atoms with Gasteiger partial charge in [-0.2, -0.15) is 0 Å². The lowest BCUT2D eigenvalue weighted by Gasteiger charge is -2.19. The summed E-state index contributed by atoms with van der Waals surface area (Å²) >= 11 is 0. The zero-order chi connectivity index (χ0) is 12.4. The number of pyridine rings is 1. The molecule has 0 amide bonds. The molecule has 0 aliphatic carbocycles. The van der Waals surface area contributed by atoms with Crippen LogP contribution < -0.4 is 5.32 Å². The molecule has 1 N–H and O–H groups in total. The summed E-state index contributed by atoms with van der Waals surface area (Å²) in [5, 5.41) is 3.36. The number of nitrogens with zero attached hydrogens (tertiary/aromatic N) is 3. The van der Waals surface area contributed by atoms with E-state index in [2.05, 4.69) is 27.2 Å². The van der Waals surface area contributed by atoms with E-state index in [1.165, 1.54) is 11.3 Å². The monoisotopic (exact) mass is 240 g/mol. The van der Waals surface area contributed by atoms with E-state index in [-0.39, 0.29) is 0 Å². The molecule has 0 aromatic carbocycles. The van der Waals surface area contributed by atoms with E-state index in [4.69, 9.17) is 0 Å². The molecular formula is C14H16N4. The fourth-order valence-electron chi connectivity index (χ4n) is 2.34. The fourth-order valence-corrected chi connectivity index (χ4v) is 2.34. The standard InChI is InChI=1S/C14H16N4/c1-2-11-10-6-8-15-9-13(10)18-14(17-11)12-5-3-4-7-16-12/h3-5,7,15H,2,6,8-9H2,1H3. The van der Waals surface area contributed by atoms with Crippen molar-refractivity contribution in [2.24, 2.45) is 0 Å². The van der Waals surface area contributed by atoms with Crippen LogP contribution in [0.5, 0.6) is 0 Å². The highest BCUT2D eigenvalue weighted by atomic mass is 15.0. The molecular weight excluding hydrogens is 224 g/mol. The Morgan fingerprint density at radius 3 is 3.00 bits per heavy atom. The van der Waals surface area contributed by atoms with E-state index < -0.39 is 0 Å². The molecule has 0 fully saturated rings. The molecule has 1 aliphatic heterocycles. The van der Waals surface area contributed by atoms with Gasteiger partial charge in [-0.1, -0.05) is 13.0 Å². The highest BCUT2D eigenvalue weighted by molar-refractivity contribution is 5.50. The third kappa shape index (κ3) is 1.99. The summed E-state index contributed by atoms with van der Waals surface area (Å²) in [7, 11) is 0. The number of fused-ring (bicyclic) bond motifs is 1. The predicted molar refractivity (Wildman–Crippen MR) is 70.1 cm³/mol. The number of aryl methyl sites for hydroxylation is 1. The van der Waals surface area contributed by atoms with Gasteiger partial charge in [0.2, 0.25) is 0 Å². The molecule has 0 bridgehead atoms. The van der Waals surface area contributed by atoms with Crippen molar-refractivity contribution in [1.29, 1.82) is 0 Å². The Bertz CT molecular complexity index is 534. The van der Waals surface area contributed by atoms with Gasteiger partial charge in [0.15, 0.2) is 5.82 Å². The lowest BCUT2D eigenvalue weighted by atomic mass is 10.0. The smallest absolute Gasteiger partial charge is 0.178 e. The van der Waals surface area contributed by atoms with Crippen LogP contribution in [0.1, 0.15) is 23.9 Å². The second-order valence-electron chi connectivity index (χ2n) is 4.41. The molecule has 3 rings (SSSR count). The summed E-state index contributed by atoms with van der Waals surface area (Å²) < 4.78 is 0. The SMILES string of the molecule is CCc1nc(-c2ccccn2)nc2c1CCNC2. The summed E-state index contributed by atoms with van der Waals surface area (Å²) in [4.78, 5) is 13.7. The Kier molecular flexibility index (Phi) is 3.02. The van der Waals surface area contributed by atoms with Gasteiger partial charge in [0.1, 0.15) is 5.69 Å². The van der Waals surface area contributed by atoms with Crippen LogP contribution in [-0.4, -0.2) is 21.5 Å². The average Bonchev–Trinajstić information content (AvgIpc) is 2.47. The summed E-state index contributed by atoms with van der Waals surface area (Å²) in [5.74, 6) is 0.745. The summed E-state index contributed by atoms with van der Waals surface area (Å²) in [6.45, 7) is 4.00. The Hall–Kier alpha value is -1.81. The summed E-state index contributed by atoms with van der Waals surface area (Å²) in [5.41, 5.74) is 4.48. The maximum Gasteiger partial charge on any atom is 0.178 e. The first-order chi connectivity index (χ1) is 8.88. The van der Waals surface area contributed by atoms with Crippen molar-refractivity contribution in [1.82, 2.24) is 20.3 Å². The molecule has 4 heteroatoms. The summed E-state index contributed by atoms with van der Waals surface area (Å²) in [6, 6.07) is 5.83. The quantitative estimate of drug-likeness (QED) is 0.868. The fraction of sp³-hybridized carbons (Fsp3) is 0.357. The van der Waals surface area contributed by atoms with Crippen molar-refractivity contribution in [3.8, 4) is 11.5 Å². The molecule has 2 aromatic rings. The van der Waals surface area contributed by atoms with Gasteiger partial charge in [0.25, 0.3) is 0 Å². The van der Waals surface area contributed by atoms with Crippen LogP contribution in [0.4, 0.5) is 0 Å². The van der Waals surface area contributed by atoms with Crippen LogP contribution in [0.3, 0.4) is 0 Å². The van der Waals surface area contributed by atoms with E-state index >= 15 is 0 Å². The molecule has 1 aliphatic rings. The largest absolute Gasteiger partial charge is 0.311 e. The zero-order valence-corrected chi connectivity index (χ0v) is 10.5. The van der Waals surface area contributed by atoms with Crippen LogP contribution >= 0.6 is 0 Å². The second-order valence-corrected chi connectivity index (χ2v) is 4.41. The molecule has 0 saturated heterocycles. The number of rotatable bonds is 2. The molecule has 0 saturated carbocycles. The number of aromatic nitrogens is 3. The molecule has 2 aromatic heterocycles. The van der Waals surface area contributed by atoms with Crippen molar-refractivity contribution in [3.63, 3.8) is 0 Å². The van der Waals surface area contributed by atoms with E-state index in [0.29, 0.717) is 0 Å². The maximum atomic E-state index is 4.67. The molecule has 0 spiro atoms. The van der Waals surface area contributed by atoms with E-state index in [1.54, 1.807) is 6.20 Å². The van der Waals surface area contributed by atoms with Gasteiger partial charge in [0, 0.05) is 18.4 Å². The minimum Gasteiger partial charge on any atom is -0.311 e. The highest BCUT2D eigenvalue weighted by Gasteiger charge is 2.17. The van der Waals surface area contributed by atoms with E-state index in [1.807, 2.05) is 18.2 Å². The molecule has 4 nitrogen and oxygen atoms in total. The minimum absolute atomic E-state index is 0.745. The normalized spacial score (nSPS) is 14.3. The maximum absolute atomic E-state index is 4.67. The minimum atomic E-state index is 0.745. The lowest BCUT2D eigenvalue weighted by molar-refractivity contribution is 0.617. The van der Waals surface area contributed by atoms with E-state index in [0.717, 1.165) is 43.1 Å². The van der Waals surface area contributed by atoms with Crippen LogP contribution in [-0.2, 0) is 19.4 Å². The van der Waals surface area contributed by atoms with E-state index in [9.17, 15) is 0 Å². The number of hydrogen-bond donors (Lipinski definition) is 1. The van der Waals surface area contributed by atoms with Gasteiger partial charge in [0.05, 0.1) is 5.69 Å². The average molecular weight is 240 g/mol. The topological polar surface area (TPSA) is 50.7 Å². The van der Waals surface area contributed by atoms with Gasteiger partial charge in [-0.15, -0.1) is 0 Å². The van der Waals surface area contributed by atoms with Gasteiger partial charge in [-0.3, -0.25) is 4.98 Å². The molecule has 92 valence electrons. The Labute approximate surface area is 107 Å². The van der Waals surface area contributed by atoms with Gasteiger partial charge < -0.3 is 5.32 Å². The third-order valence-corrected chi connectivity index (χ3v) is 3.25. The molecule has 0 atom stereocenters. The van der Waals surface area contributed by atoms with Crippen molar-refractivity contribution >= 4 is 0 Å². The van der Waals surface area contributed by atoms with Crippen molar-refractivity contribution < 1.29 is 0 Å². The zero-order valence-electron chi connectivity index (χ0n) is 10.5. The molecule has 0 radical (unpaired) electrons. The Balaban J connectivity index is 2.12. The van der Waals surface area contributed by atoms with Crippen LogP contribution in [0.2, 0.25) is 0 Å². The van der Waals surface area contributed by atoms with Crippen LogP contribution in [0.15, 0.2) is 24.4 Å². The molecule has 3 heterocycles. The van der Waals surface area contributed by atoms with Crippen LogP contribution in [0.25, 0.3) is 11.5 Å². The third-order valence-electron chi connectivity index (χ3n) is 3.25. The number of hydrogen-bond acceptors (Lipinski definition) is 4. The predicted octanol–water partition coefficient (Wildman–Crippen LogP) is 1.75. The van der Waals surface area contributed by atoms with Gasteiger partial charge >= 0.3 is 0 Å². The number of nitrogens with one attached hydrogen (secondary N) is 1. The van der Waals surface area contributed by atoms with Crippen molar-refractivity contribution in [3.05, 3.63) is 41.3 Å². The second kappa shape index (κ2) is 4.82. The van der Waals surface area contributed by atoms with Gasteiger partial charge in [-0.25, -0.2) is 9.97 Å². The van der Waals surface area contributed by atoms with Gasteiger partial charge in [-0.05, 0) is 37.1 Å². The Morgan fingerprint density at radius 1 is 1.28 bits per heavy atom. The van der Waals surface area contributed by atoms with Crippen molar-refractivity contribution in [2.45, 2.75) is 26.3 Å². The first kappa shape index (κ1) is 11.3.